The van der Waals surface area contributed by atoms with Crippen LogP contribution in [0.3, 0.4) is 0 Å². The molecule has 0 spiro atoms. The van der Waals surface area contributed by atoms with Gasteiger partial charge in [-0.2, -0.15) is 0 Å². The second kappa shape index (κ2) is 4.42. The molecule has 0 fully saturated rings. The molecule has 1 rings (SSSR count). The number of hydrogen-bond donors (Lipinski definition) is 1. The summed E-state index contributed by atoms with van der Waals surface area (Å²) in [6.45, 7) is 3.35. The van der Waals surface area contributed by atoms with Crippen LogP contribution in [0.4, 0.5) is 10.1 Å². The fraction of sp³-hybridized carbons (Fsp3) is 0.300. The van der Waals surface area contributed by atoms with Gasteiger partial charge in [-0.05, 0) is 31.5 Å². The van der Waals surface area contributed by atoms with E-state index in [1.807, 2.05) is 6.92 Å². The first-order valence-corrected chi connectivity index (χ1v) is 4.65. The zero-order valence-corrected chi connectivity index (χ0v) is 8.73. The number of hydrogen-bond acceptors (Lipinski definition) is 1. The Labute approximate surface area is 87.1 Å². The number of amides is 1. The molecule has 0 aliphatic carbocycles. The molecule has 0 saturated heterocycles. The summed E-state index contributed by atoms with van der Waals surface area (Å²) >= 11 is 5.54. The molecule has 1 aromatic rings. The third-order valence-corrected chi connectivity index (χ3v) is 1.94. The van der Waals surface area contributed by atoms with Gasteiger partial charge in [0.2, 0.25) is 5.91 Å². The molecule has 0 saturated carbocycles. The monoisotopic (exact) mass is 215 g/mol. The molecule has 0 aliphatic rings. The first-order valence-electron chi connectivity index (χ1n) is 4.22. The number of anilines is 1. The number of rotatable bonds is 2. The lowest BCUT2D eigenvalue weighted by Gasteiger charge is -2.07. The minimum Gasteiger partial charge on any atom is -0.322 e. The van der Waals surface area contributed by atoms with E-state index in [-0.39, 0.29) is 5.69 Å². The molecular formula is C10H11ClFNO. The van der Waals surface area contributed by atoms with E-state index in [0.717, 1.165) is 5.56 Å². The maximum atomic E-state index is 13.1. The first-order chi connectivity index (χ1) is 6.50. The Morgan fingerprint density at radius 3 is 2.79 bits per heavy atom. The van der Waals surface area contributed by atoms with Crippen LogP contribution in [0.5, 0.6) is 0 Å². The summed E-state index contributed by atoms with van der Waals surface area (Å²) in [4.78, 5) is 11.2. The van der Waals surface area contributed by atoms with E-state index in [1.54, 1.807) is 12.1 Å². The summed E-state index contributed by atoms with van der Waals surface area (Å²) in [6, 6.07) is 4.51. The lowest BCUT2D eigenvalue weighted by molar-refractivity contribution is -0.115. The van der Waals surface area contributed by atoms with Crippen molar-refractivity contribution in [1.82, 2.24) is 0 Å². The molecule has 1 N–H and O–H groups in total. The number of alkyl halides is 1. The number of halogens is 2. The van der Waals surface area contributed by atoms with Crippen molar-refractivity contribution in [2.75, 3.05) is 5.32 Å². The topological polar surface area (TPSA) is 29.1 Å². The summed E-state index contributed by atoms with van der Waals surface area (Å²) in [6.07, 6.45) is 0. The molecule has 4 heteroatoms. The smallest absolute Gasteiger partial charge is 0.242 e. The average molecular weight is 216 g/mol. The van der Waals surface area contributed by atoms with Crippen LogP contribution in [0.15, 0.2) is 18.2 Å². The molecule has 0 radical (unpaired) electrons. The molecule has 0 heterocycles. The lowest BCUT2D eigenvalue weighted by Crippen LogP contribution is -2.20. The molecule has 0 bridgehead atoms. The molecule has 0 unspecified atom stereocenters. The predicted octanol–water partition coefficient (Wildman–Crippen LogP) is 2.70. The van der Waals surface area contributed by atoms with Crippen molar-refractivity contribution in [1.29, 1.82) is 0 Å². The van der Waals surface area contributed by atoms with Gasteiger partial charge in [-0.1, -0.05) is 6.07 Å². The summed E-state index contributed by atoms with van der Waals surface area (Å²) in [5.41, 5.74) is 1.05. The van der Waals surface area contributed by atoms with Crippen LogP contribution in [0.2, 0.25) is 0 Å². The SMILES string of the molecule is Cc1ccc(F)c(NC(=O)[C@H](C)Cl)c1. The van der Waals surface area contributed by atoms with E-state index in [9.17, 15) is 9.18 Å². The average Bonchev–Trinajstić information content (AvgIpc) is 2.11. The highest BCUT2D eigenvalue weighted by Crippen LogP contribution is 2.16. The van der Waals surface area contributed by atoms with Crippen LogP contribution < -0.4 is 5.32 Å². The zero-order valence-electron chi connectivity index (χ0n) is 7.97. The molecular weight excluding hydrogens is 205 g/mol. The largest absolute Gasteiger partial charge is 0.322 e. The quantitative estimate of drug-likeness (QED) is 0.756. The Balaban J connectivity index is 2.86. The van der Waals surface area contributed by atoms with Crippen LogP contribution in [0, 0.1) is 12.7 Å². The van der Waals surface area contributed by atoms with Gasteiger partial charge in [0.05, 0.1) is 5.69 Å². The second-order valence-corrected chi connectivity index (χ2v) is 3.74. The molecule has 0 aliphatic heterocycles. The Kier molecular flexibility index (Phi) is 3.47. The van der Waals surface area contributed by atoms with Crippen molar-refractivity contribution >= 4 is 23.2 Å². The molecule has 76 valence electrons. The fourth-order valence-electron chi connectivity index (χ4n) is 0.967. The van der Waals surface area contributed by atoms with Crippen LogP contribution in [-0.2, 0) is 4.79 Å². The van der Waals surface area contributed by atoms with Crippen molar-refractivity contribution in [3.63, 3.8) is 0 Å². The zero-order chi connectivity index (χ0) is 10.7. The van der Waals surface area contributed by atoms with E-state index in [4.69, 9.17) is 11.6 Å². The Morgan fingerprint density at radius 2 is 2.21 bits per heavy atom. The number of nitrogens with one attached hydrogen (secondary N) is 1. The summed E-state index contributed by atoms with van der Waals surface area (Å²) in [5.74, 6) is -0.863. The minimum absolute atomic E-state index is 0.169. The van der Waals surface area contributed by atoms with E-state index in [0.29, 0.717) is 0 Å². The van der Waals surface area contributed by atoms with Crippen LogP contribution in [0.1, 0.15) is 12.5 Å². The van der Waals surface area contributed by atoms with E-state index in [1.165, 1.54) is 13.0 Å². The van der Waals surface area contributed by atoms with E-state index < -0.39 is 17.1 Å². The third kappa shape index (κ3) is 2.70. The van der Waals surface area contributed by atoms with Gasteiger partial charge in [0.25, 0.3) is 0 Å². The molecule has 1 amide bonds. The fourth-order valence-corrected chi connectivity index (χ4v) is 1.02. The van der Waals surface area contributed by atoms with E-state index >= 15 is 0 Å². The minimum atomic E-state index is -0.671. The molecule has 14 heavy (non-hydrogen) atoms. The van der Waals surface area contributed by atoms with Crippen molar-refractivity contribution in [2.24, 2.45) is 0 Å². The van der Waals surface area contributed by atoms with Gasteiger partial charge in [0.1, 0.15) is 11.2 Å². The predicted molar refractivity (Wildman–Crippen MR) is 55.1 cm³/mol. The molecule has 0 aromatic heterocycles. The standard InChI is InChI=1S/C10H11ClFNO/c1-6-3-4-8(12)9(5-6)13-10(14)7(2)11/h3-5,7H,1-2H3,(H,13,14)/t7-/m0/s1. The van der Waals surface area contributed by atoms with Gasteiger partial charge < -0.3 is 5.32 Å². The number of aryl methyl sites for hydroxylation is 1. The number of benzene rings is 1. The number of carbonyl (C=O) groups is 1. The van der Waals surface area contributed by atoms with Crippen LogP contribution in [-0.4, -0.2) is 11.3 Å². The lowest BCUT2D eigenvalue weighted by atomic mass is 10.2. The van der Waals surface area contributed by atoms with Crippen molar-refractivity contribution in [3.05, 3.63) is 29.6 Å². The summed E-state index contributed by atoms with van der Waals surface area (Å²) < 4.78 is 13.1. The van der Waals surface area contributed by atoms with Crippen molar-refractivity contribution < 1.29 is 9.18 Å². The van der Waals surface area contributed by atoms with Crippen LogP contribution >= 0.6 is 11.6 Å². The molecule has 1 atom stereocenters. The van der Waals surface area contributed by atoms with Gasteiger partial charge in [-0.3, -0.25) is 4.79 Å². The maximum Gasteiger partial charge on any atom is 0.242 e. The molecule has 1 aromatic carbocycles. The van der Waals surface area contributed by atoms with Gasteiger partial charge in [0.15, 0.2) is 0 Å². The molecule has 2 nitrogen and oxygen atoms in total. The summed E-state index contributed by atoms with van der Waals surface area (Å²) in [5, 5.41) is 1.73. The second-order valence-electron chi connectivity index (χ2n) is 3.09. The van der Waals surface area contributed by atoms with Crippen LogP contribution in [0.25, 0.3) is 0 Å². The Bertz CT molecular complexity index is 352. The first kappa shape index (κ1) is 11.0. The Hall–Kier alpha value is -1.09. The van der Waals surface area contributed by atoms with Gasteiger partial charge in [0, 0.05) is 0 Å². The highest BCUT2D eigenvalue weighted by atomic mass is 35.5. The van der Waals surface area contributed by atoms with Gasteiger partial charge >= 0.3 is 0 Å². The summed E-state index contributed by atoms with van der Waals surface area (Å²) in [7, 11) is 0. The normalized spacial score (nSPS) is 12.3. The van der Waals surface area contributed by atoms with Crippen molar-refractivity contribution in [2.45, 2.75) is 19.2 Å². The number of carbonyl (C=O) groups excluding carboxylic acids is 1. The highest BCUT2D eigenvalue weighted by molar-refractivity contribution is 6.32. The Morgan fingerprint density at radius 1 is 1.57 bits per heavy atom. The van der Waals surface area contributed by atoms with Gasteiger partial charge in [-0.25, -0.2) is 4.39 Å². The van der Waals surface area contributed by atoms with Crippen molar-refractivity contribution in [3.8, 4) is 0 Å². The third-order valence-electron chi connectivity index (χ3n) is 1.74. The highest BCUT2D eigenvalue weighted by Gasteiger charge is 2.11. The van der Waals surface area contributed by atoms with Gasteiger partial charge in [-0.15, -0.1) is 11.6 Å². The maximum absolute atomic E-state index is 13.1. The van der Waals surface area contributed by atoms with E-state index in [2.05, 4.69) is 5.32 Å².